The number of fused-ring (bicyclic) bond motifs is 2. The standard InChI is InChI=1S/C26H23F3N8/c1-16-17(2)24(34-37-23(16)32-33-25(37)26(27,28)29)35-9-8-22-20(14-35)10-19(11-30-22)21-12-31-36(15-21)13-18-6-4-3-5-7-18/h3-7,10-12,15H,8-9,13-14H2,1-2H3. The molecule has 0 saturated heterocycles. The number of benzene rings is 1. The van der Waals surface area contributed by atoms with E-state index in [2.05, 4.69) is 43.6 Å². The third-order valence-corrected chi connectivity index (χ3v) is 6.82. The fourth-order valence-corrected chi connectivity index (χ4v) is 4.73. The van der Waals surface area contributed by atoms with Crippen LogP contribution in [0.3, 0.4) is 0 Å². The lowest BCUT2D eigenvalue weighted by molar-refractivity contribution is -0.146. The van der Waals surface area contributed by atoms with Crippen molar-refractivity contribution in [2.75, 3.05) is 11.4 Å². The van der Waals surface area contributed by atoms with E-state index in [1.807, 2.05) is 53.3 Å². The molecule has 6 rings (SSSR count). The number of aromatic nitrogens is 7. The minimum atomic E-state index is -4.65. The average molecular weight is 505 g/mol. The molecule has 0 atom stereocenters. The number of hydrogen-bond donors (Lipinski definition) is 0. The molecule has 188 valence electrons. The molecule has 1 aromatic carbocycles. The third kappa shape index (κ3) is 4.20. The Kier molecular flexibility index (Phi) is 5.43. The maximum Gasteiger partial charge on any atom is 0.453 e. The number of pyridine rings is 1. The first kappa shape index (κ1) is 23.1. The van der Waals surface area contributed by atoms with Gasteiger partial charge in [0.1, 0.15) is 0 Å². The number of anilines is 1. The fraction of sp³-hybridized carbons (Fsp3) is 0.269. The molecule has 5 aromatic rings. The second kappa shape index (κ2) is 8.68. The lowest BCUT2D eigenvalue weighted by Gasteiger charge is -2.30. The van der Waals surface area contributed by atoms with Crippen LogP contribution in [-0.4, -0.2) is 41.1 Å². The summed E-state index contributed by atoms with van der Waals surface area (Å²) in [5.74, 6) is -0.636. The van der Waals surface area contributed by atoms with E-state index in [1.165, 1.54) is 0 Å². The molecule has 5 heterocycles. The summed E-state index contributed by atoms with van der Waals surface area (Å²) in [4.78, 5) is 6.68. The van der Waals surface area contributed by atoms with Gasteiger partial charge in [-0.05, 0) is 31.0 Å². The van der Waals surface area contributed by atoms with Crippen LogP contribution in [-0.2, 0) is 25.7 Å². The molecule has 0 aliphatic carbocycles. The number of nitrogens with zero attached hydrogens (tertiary/aromatic N) is 8. The van der Waals surface area contributed by atoms with Crippen molar-refractivity contribution in [1.82, 2.24) is 34.6 Å². The van der Waals surface area contributed by atoms with Crippen LogP contribution in [0, 0.1) is 13.8 Å². The molecule has 37 heavy (non-hydrogen) atoms. The van der Waals surface area contributed by atoms with Crippen molar-refractivity contribution in [2.24, 2.45) is 0 Å². The maximum absolute atomic E-state index is 13.5. The summed E-state index contributed by atoms with van der Waals surface area (Å²) >= 11 is 0. The maximum atomic E-state index is 13.5. The second-order valence-corrected chi connectivity index (χ2v) is 9.24. The predicted octanol–water partition coefficient (Wildman–Crippen LogP) is 4.63. The largest absolute Gasteiger partial charge is 0.453 e. The monoisotopic (exact) mass is 504 g/mol. The zero-order valence-electron chi connectivity index (χ0n) is 20.2. The smallest absolute Gasteiger partial charge is 0.350 e. The lowest BCUT2D eigenvalue weighted by atomic mass is 10.0. The van der Waals surface area contributed by atoms with Crippen LogP contribution in [0.1, 0.15) is 33.8 Å². The van der Waals surface area contributed by atoms with Gasteiger partial charge in [0.2, 0.25) is 0 Å². The number of hydrogen-bond acceptors (Lipinski definition) is 6. The van der Waals surface area contributed by atoms with E-state index in [-0.39, 0.29) is 5.65 Å². The highest BCUT2D eigenvalue weighted by Gasteiger charge is 2.38. The molecule has 1 aliphatic rings. The topological polar surface area (TPSA) is 77.0 Å². The van der Waals surface area contributed by atoms with Crippen LogP contribution in [0.2, 0.25) is 0 Å². The highest BCUT2D eigenvalue weighted by atomic mass is 19.4. The van der Waals surface area contributed by atoms with Gasteiger partial charge in [0, 0.05) is 59.9 Å². The third-order valence-electron chi connectivity index (χ3n) is 6.82. The zero-order valence-corrected chi connectivity index (χ0v) is 20.2. The summed E-state index contributed by atoms with van der Waals surface area (Å²) < 4.78 is 43.2. The van der Waals surface area contributed by atoms with Gasteiger partial charge in [-0.3, -0.25) is 9.67 Å². The van der Waals surface area contributed by atoms with Crippen LogP contribution >= 0.6 is 0 Å². The summed E-state index contributed by atoms with van der Waals surface area (Å²) in [6, 6.07) is 12.2. The number of halogens is 3. The molecule has 8 nitrogen and oxygen atoms in total. The Labute approximate surface area is 210 Å². The van der Waals surface area contributed by atoms with Gasteiger partial charge in [0.05, 0.1) is 12.7 Å². The van der Waals surface area contributed by atoms with Gasteiger partial charge < -0.3 is 4.90 Å². The summed E-state index contributed by atoms with van der Waals surface area (Å²) in [6.45, 7) is 5.34. The average Bonchev–Trinajstić information content (AvgIpc) is 3.53. The highest BCUT2D eigenvalue weighted by Crippen LogP contribution is 2.32. The van der Waals surface area contributed by atoms with Gasteiger partial charge in [-0.1, -0.05) is 30.3 Å². The van der Waals surface area contributed by atoms with E-state index < -0.39 is 12.0 Å². The van der Waals surface area contributed by atoms with Crippen molar-refractivity contribution in [2.45, 2.75) is 39.5 Å². The molecule has 4 aromatic heterocycles. The molecule has 1 aliphatic heterocycles. The van der Waals surface area contributed by atoms with E-state index >= 15 is 0 Å². The van der Waals surface area contributed by atoms with Gasteiger partial charge in [0.15, 0.2) is 11.5 Å². The fourth-order valence-electron chi connectivity index (χ4n) is 4.73. The molecule has 0 saturated carbocycles. The first-order valence-electron chi connectivity index (χ1n) is 11.9. The molecular formula is C26H23F3N8. The Hall–Kier alpha value is -4.28. The quantitative estimate of drug-likeness (QED) is 0.355. The van der Waals surface area contributed by atoms with Gasteiger partial charge in [0.25, 0.3) is 5.82 Å². The minimum Gasteiger partial charge on any atom is -0.350 e. The van der Waals surface area contributed by atoms with E-state index in [4.69, 9.17) is 0 Å². The van der Waals surface area contributed by atoms with Crippen LogP contribution in [0.5, 0.6) is 0 Å². The summed E-state index contributed by atoms with van der Waals surface area (Å²) in [7, 11) is 0. The van der Waals surface area contributed by atoms with Gasteiger partial charge in [-0.2, -0.15) is 22.8 Å². The lowest BCUT2D eigenvalue weighted by Crippen LogP contribution is -2.33. The summed E-state index contributed by atoms with van der Waals surface area (Å²) in [5.41, 5.74) is 6.56. The van der Waals surface area contributed by atoms with E-state index in [0.717, 1.165) is 38.0 Å². The molecule has 0 unspecified atom stereocenters. The first-order chi connectivity index (χ1) is 17.8. The molecule has 0 radical (unpaired) electrons. The van der Waals surface area contributed by atoms with Gasteiger partial charge in [-0.15, -0.1) is 15.3 Å². The van der Waals surface area contributed by atoms with Crippen molar-refractivity contribution >= 4 is 11.5 Å². The number of aryl methyl sites for hydroxylation is 1. The van der Waals surface area contributed by atoms with Crippen LogP contribution < -0.4 is 4.90 Å². The van der Waals surface area contributed by atoms with Crippen molar-refractivity contribution in [3.8, 4) is 11.1 Å². The molecular weight excluding hydrogens is 481 g/mol. The Morgan fingerprint density at radius 3 is 2.57 bits per heavy atom. The molecule has 0 fully saturated rings. The zero-order chi connectivity index (χ0) is 25.7. The Morgan fingerprint density at radius 1 is 0.973 bits per heavy atom. The highest BCUT2D eigenvalue weighted by molar-refractivity contribution is 5.64. The van der Waals surface area contributed by atoms with E-state index in [0.29, 0.717) is 37.4 Å². The van der Waals surface area contributed by atoms with E-state index in [1.54, 1.807) is 6.92 Å². The summed E-state index contributed by atoms with van der Waals surface area (Å²) in [5, 5.41) is 15.9. The van der Waals surface area contributed by atoms with Crippen molar-refractivity contribution in [3.63, 3.8) is 0 Å². The SMILES string of the molecule is Cc1c(N2CCc3ncc(-c4cnn(Cc5ccccc5)c4)cc3C2)nn2c(C(F)(F)F)nnc2c1C. The Bertz CT molecular complexity index is 1600. The van der Waals surface area contributed by atoms with Crippen LogP contribution in [0.4, 0.5) is 19.0 Å². The van der Waals surface area contributed by atoms with Gasteiger partial charge >= 0.3 is 6.18 Å². The molecule has 0 N–H and O–H groups in total. The van der Waals surface area contributed by atoms with Crippen molar-refractivity contribution < 1.29 is 13.2 Å². The Balaban J connectivity index is 1.30. The van der Waals surface area contributed by atoms with Crippen LogP contribution in [0.25, 0.3) is 16.8 Å². The normalized spacial score (nSPS) is 13.8. The molecule has 0 amide bonds. The van der Waals surface area contributed by atoms with Crippen molar-refractivity contribution in [3.05, 3.63) is 88.8 Å². The van der Waals surface area contributed by atoms with Gasteiger partial charge in [-0.25, -0.2) is 0 Å². The van der Waals surface area contributed by atoms with Crippen LogP contribution in [0.15, 0.2) is 55.0 Å². The molecule has 0 spiro atoms. The first-order valence-corrected chi connectivity index (χ1v) is 11.9. The minimum absolute atomic E-state index is 0.113. The Morgan fingerprint density at radius 2 is 1.78 bits per heavy atom. The second-order valence-electron chi connectivity index (χ2n) is 9.24. The number of rotatable bonds is 4. The predicted molar refractivity (Wildman–Crippen MR) is 131 cm³/mol. The van der Waals surface area contributed by atoms with Crippen molar-refractivity contribution in [1.29, 1.82) is 0 Å². The van der Waals surface area contributed by atoms with E-state index in [9.17, 15) is 13.2 Å². The molecule has 11 heteroatoms. The number of alkyl halides is 3. The summed E-state index contributed by atoms with van der Waals surface area (Å²) in [6.07, 6.45) is 1.68. The molecule has 0 bridgehead atoms.